The quantitative estimate of drug-likeness (QED) is 0.189. The van der Waals surface area contributed by atoms with Crippen LogP contribution < -0.4 is 10.6 Å². The van der Waals surface area contributed by atoms with Gasteiger partial charge in [0, 0.05) is 41.9 Å². The normalized spacial score (nSPS) is 17.0. The molecule has 5 rings (SSSR count). The first-order chi connectivity index (χ1) is 19.5. The SMILES string of the molecule is Cc1cc([C@H]2[C@@H](c3ccccn3)NC(=S)N2CCC(=O)Nc2ccc(F)cc2)c(C)n1-c1cccc(C(F)(F)F)c1. The second-order valence-electron chi connectivity index (χ2n) is 9.84. The van der Waals surface area contributed by atoms with E-state index in [9.17, 15) is 22.4 Å². The van der Waals surface area contributed by atoms with Gasteiger partial charge in [0.15, 0.2) is 5.11 Å². The third-order valence-electron chi connectivity index (χ3n) is 7.13. The number of benzene rings is 2. The van der Waals surface area contributed by atoms with Gasteiger partial charge in [-0.25, -0.2) is 4.39 Å². The molecule has 1 fully saturated rings. The number of hydrogen-bond donors (Lipinski definition) is 2. The Morgan fingerprint density at radius 1 is 1.05 bits per heavy atom. The Balaban J connectivity index is 1.48. The van der Waals surface area contributed by atoms with Gasteiger partial charge in [-0.2, -0.15) is 13.2 Å². The number of carbonyl (C=O) groups excluding carboxylic acids is 1. The Morgan fingerprint density at radius 2 is 1.80 bits per heavy atom. The number of pyridine rings is 1. The lowest BCUT2D eigenvalue weighted by atomic mass is 9.96. The largest absolute Gasteiger partial charge is 0.416 e. The topological polar surface area (TPSA) is 62.2 Å². The molecule has 212 valence electrons. The Kier molecular flexibility index (Phi) is 7.81. The molecule has 2 atom stereocenters. The van der Waals surface area contributed by atoms with Gasteiger partial charge in [0.2, 0.25) is 5.91 Å². The fourth-order valence-corrected chi connectivity index (χ4v) is 5.60. The van der Waals surface area contributed by atoms with Crippen LogP contribution in [0.4, 0.5) is 23.2 Å². The van der Waals surface area contributed by atoms with Gasteiger partial charge in [-0.15, -0.1) is 0 Å². The predicted molar refractivity (Wildman–Crippen MR) is 152 cm³/mol. The van der Waals surface area contributed by atoms with Gasteiger partial charge in [0.05, 0.1) is 23.3 Å². The molecule has 2 aromatic heterocycles. The average molecular weight is 582 g/mol. The number of hydrogen-bond acceptors (Lipinski definition) is 3. The summed E-state index contributed by atoms with van der Waals surface area (Å²) >= 11 is 5.71. The third kappa shape index (κ3) is 5.95. The molecule has 6 nitrogen and oxygen atoms in total. The molecule has 0 radical (unpaired) electrons. The molecule has 0 unspecified atom stereocenters. The van der Waals surface area contributed by atoms with Crippen molar-refractivity contribution >= 4 is 28.9 Å². The molecule has 2 aromatic carbocycles. The number of anilines is 1. The Bertz CT molecular complexity index is 1570. The first-order valence-corrected chi connectivity index (χ1v) is 13.3. The number of halogens is 4. The van der Waals surface area contributed by atoms with E-state index in [1.807, 2.05) is 43.0 Å². The van der Waals surface area contributed by atoms with Crippen LogP contribution in [0.3, 0.4) is 0 Å². The minimum atomic E-state index is -4.47. The fourth-order valence-electron chi connectivity index (χ4n) is 5.27. The minimum absolute atomic E-state index is 0.0942. The number of carbonyl (C=O) groups is 1. The van der Waals surface area contributed by atoms with Crippen molar-refractivity contribution in [2.75, 3.05) is 11.9 Å². The summed E-state index contributed by atoms with van der Waals surface area (Å²) in [6, 6.07) is 17.5. The summed E-state index contributed by atoms with van der Waals surface area (Å²) < 4.78 is 55.5. The van der Waals surface area contributed by atoms with Crippen molar-refractivity contribution in [2.45, 2.75) is 38.5 Å². The monoisotopic (exact) mass is 581 g/mol. The van der Waals surface area contributed by atoms with Crippen LogP contribution in [0, 0.1) is 19.7 Å². The van der Waals surface area contributed by atoms with Crippen molar-refractivity contribution in [1.82, 2.24) is 19.8 Å². The van der Waals surface area contributed by atoms with Crippen molar-refractivity contribution in [3.63, 3.8) is 0 Å². The summed E-state index contributed by atoms with van der Waals surface area (Å²) in [6.07, 6.45) is -2.69. The molecule has 0 aliphatic carbocycles. The maximum Gasteiger partial charge on any atom is 0.416 e. The maximum absolute atomic E-state index is 13.5. The van der Waals surface area contributed by atoms with E-state index in [1.54, 1.807) is 16.8 Å². The van der Waals surface area contributed by atoms with Crippen molar-refractivity contribution in [1.29, 1.82) is 0 Å². The predicted octanol–water partition coefficient (Wildman–Crippen LogP) is 6.65. The molecule has 2 N–H and O–H groups in total. The smallest absolute Gasteiger partial charge is 0.352 e. The highest BCUT2D eigenvalue weighted by Crippen LogP contribution is 2.42. The van der Waals surface area contributed by atoms with Crippen LogP contribution in [0.1, 0.15) is 46.7 Å². The molecule has 41 heavy (non-hydrogen) atoms. The van der Waals surface area contributed by atoms with Gasteiger partial charge in [-0.1, -0.05) is 12.1 Å². The first kappa shape index (κ1) is 28.3. The van der Waals surface area contributed by atoms with Gasteiger partial charge in [0.1, 0.15) is 5.82 Å². The zero-order valence-corrected chi connectivity index (χ0v) is 23.1. The van der Waals surface area contributed by atoms with Gasteiger partial charge in [-0.05, 0) is 92.3 Å². The number of amides is 1. The molecular weight excluding hydrogens is 554 g/mol. The molecular formula is C30H27F4N5OS. The molecule has 3 heterocycles. The third-order valence-corrected chi connectivity index (χ3v) is 7.48. The second kappa shape index (κ2) is 11.3. The molecule has 0 bridgehead atoms. The molecule has 1 aliphatic rings. The van der Waals surface area contributed by atoms with Crippen molar-refractivity contribution in [3.8, 4) is 5.69 Å². The maximum atomic E-state index is 13.5. The van der Waals surface area contributed by atoms with Gasteiger partial charge in [0.25, 0.3) is 0 Å². The van der Waals surface area contributed by atoms with Crippen LogP contribution in [0.2, 0.25) is 0 Å². The number of thiocarbonyl (C=S) groups is 1. The van der Waals surface area contributed by atoms with Crippen LogP contribution in [0.25, 0.3) is 5.69 Å². The van der Waals surface area contributed by atoms with E-state index in [0.717, 1.165) is 34.8 Å². The highest BCUT2D eigenvalue weighted by Gasteiger charge is 2.41. The summed E-state index contributed by atoms with van der Waals surface area (Å²) in [4.78, 5) is 19.2. The zero-order valence-electron chi connectivity index (χ0n) is 22.2. The molecule has 0 saturated carbocycles. The molecule has 4 aromatic rings. The lowest BCUT2D eigenvalue weighted by Gasteiger charge is -2.28. The second-order valence-corrected chi connectivity index (χ2v) is 10.2. The van der Waals surface area contributed by atoms with E-state index in [4.69, 9.17) is 12.2 Å². The van der Waals surface area contributed by atoms with E-state index in [0.29, 0.717) is 16.5 Å². The summed E-state index contributed by atoms with van der Waals surface area (Å²) in [7, 11) is 0. The summed E-state index contributed by atoms with van der Waals surface area (Å²) in [5.41, 5.74) is 3.24. The number of aryl methyl sites for hydroxylation is 1. The van der Waals surface area contributed by atoms with Crippen LogP contribution in [0.5, 0.6) is 0 Å². The number of nitrogens with one attached hydrogen (secondary N) is 2. The lowest BCUT2D eigenvalue weighted by molar-refractivity contribution is -0.137. The Labute approximate surface area is 240 Å². The van der Waals surface area contributed by atoms with E-state index < -0.39 is 17.6 Å². The standard InChI is InChI=1S/C30H27F4N5OS/c1-18-16-24(19(2)39(18)23-7-5-6-20(17-23)30(32,33)34)28-27(25-8-3-4-14-35-25)37-29(41)38(28)15-13-26(40)36-22-11-9-21(31)10-12-22/h3-12,14,16-17,27-28H,13,15H2,1-2H3,(H,36,40)(H,37,41)/t27-,28+/m1/s1. The summed E-state index contributed by atoms with van der Waals surface area (Å²) in [5, 5.41) is 6.54. The number of rotatable bonds is 7. The summed E-state index contributed by atoms with van der Waals surface area (Å²) in [6.45, 7) is 3.96. The first-order valence-electron chi connectivity index (χ1n) is 12.9. The van der Waals surface area contributed by atoms with Gasteiger partial charge >= 0.3 is 6.18 Å². The van der Waals surface area contributed by atoms with Crippen LogP contribution in [0.15, 0.2) is 79.0 Å². The number of aromatic nitrogens is 2. The molecule has 1 aliphatic heterocycles. The minimum Gasteiger partial charge on any atom is -0.352 e. The van der Waals surface area contributed by atoms with Crippen LogP contribution >= 0.6 is 12.2 Å². The van der Waals surface area contributed by atoms with Crippen LogP contribution in [-0.2, 0) is 11.0 Å². The van der Waals surface area contributed by atoms with Crippen molar-refractivity contribution in [2.24, 2.45) is 0 Å². The van der Waals surface area contributed by atoms with E-state index in [2.05, 4.69) is 15.6 Å². The van der Waals surface area contributed by atoms with Crippen LogP contribution in [-0.4, -0.2) is 32.0 Å². The summed E-state index contributed by atoms with van der Waals surface area (Å²) in [5.74, 6) is -0.670. The van der Waals surface area contributed by atoms with E-state index >= 15 is 0 Å². The highest BCUT2D eigenvalue weighted by molar-refractivity contribution is 7.80. The molecule has 0 spiro atoms. The molecule has 11 heteroatoms. The highest BCUT2D eigenvalue weighted by atomic mass is 32.1. The molecule has 1 amide bonds. The van der Waals surface area contributed by atoms with Gasteiger partial charge in [-0.3, -0.25) is 9.78 Å². The number of nitrogens with zero attached hydrogens (tertiary/aromatic N) is 3. The molecule has 1 saturated heterocycles. The average Bonchev–Trinajstić information content (AvgIpc) is 3.43. The van der Waals surface area contributed by atoms with Crippen molar-refractivity contribution in [3.05, 3.63) is 113 Å². The van der Waals surface area contributed by atoms with E-state index in [-0.39, 0.29) is 31.0 Å². The zero-order chi connectivity index (χ0) is 29.3. The van der Waals surface area contributed by atoms with E-state index in [1.165, 1.54) is 30.3 Å². The lowest BCUT2D eigenvalue weighted by Crippen LogP contribution is -2.32. The fraction of sp³-hybridized carbons (Fsp3) is 0.233. The van der Waals surface area contributed by atoms with Crippen molar-refractivity contribution < 1.29 is 22.4 Å². The Hall–Kier alpha value is -4.25. The number of alkyl halides is 3. The van der Waals surface area contributed by atoms with Gasteiger partial charge < -0.3 is 20.1 Å². The Morgan fingerprint density at radius 3 is 2.49 bits per heavy atom.